The summed E-state index contributed by atoms with van der Waals surface area (Å²) in [7, 11) is 0. The Bertz CT molecular complexity index is 649. The van der Waals surface area contributed by atoms with Crippen molar-refractivity contribution in [2.24, 2.45) is 0 Å². The van der Waals surface area contributed by atoms with E-state index in [1.165, 1.54) is 0 Å². The van der Waals surface area contributed by atoms with Crippen LogP contribution in [0.5, 0.6) is 0 Å². The average molecular weight is 287 g/mol. The third-order valence-electron chi connectivity index (χ3n) is 3.49. The van der Waals surface area contributed by atoms with Crippen LogP contribution in [0.2, 0.25) is 0 Å². The van der Waals surface area contributed by atoms with Crippen molar-refractivity contribution in [2.45, 2.75) is 25.8 Å². The van der Waals surface area contributed by atoms with Crippen molar-refractivity contribution in [1.29, 1.82) is 0 Å². The summed E-state index contributed by atoms with van der Waals surface area (Å²) in [5.41, 5.74) is 3.55. The van der Waals surface area contributed by atoms with Crippen LogP contribution in [0.25, 0.3) is 10.2 Å². The number of thiazole rings is 1. The fourth-order valence-corrected chi connectivity index (χ4v) is 3.14. The van der Waals surface area contributed by atoms with Crippen LogP contribution in [-0.4, -0.2) is 28.5 Å². The van der Waals surface area contributed by atoms with Gasteiger partial charge in [-0.1, -0.05) is 25.5 Å². The van der Waals surface area contributed by atoms with Crippen LogP contribution < -0.4 is 5.32 Å². The van der Waals surface area contributed by atoms with E-state index in [-0.39, 0.29) is 12.1 Å². The van der Waals surface area contributed by atoms with Crippen molar-refractivity contribution >= 4 is 33.3 Å². The van der Waals surface area contributed by atoms with Crippen LogP contribution in [0.15, 0.2) is 35.9 Å². The van der Waals surface area contributed by atoms with Gasteiger partial charge in [0.2, 0.25) is 0 Å². The van der Waals surface area contributed by atoms with Gasteiger partial charge in [-0.2, -0.15) is 0 Å². The smallest absolute Gasteiger partial charge is 0.314 e. The molecule has 1 aliphatic heterocycles. The summed E-state index contributed by atoms with van der Waals surface area (Å²) >= 11 is 1.60. The molecule has 2 aromatic rings. The summed E-state index contributed by atoms with van der Waals surface area (Å²) in [4.78, 5) is 18.5. The maximum absolute atomic E-state index is 12.3. The fraction of sp³-hybridized carbons (Fsp3) is 0.333. The van der Waals surface area contributed by atoms with E-state index in [4.69, 9.17) is 0 Å². The van der Waals surface area contributed by atoms with Crippen LogP contribution in [-0.2, 0) is 0 Å². The lowest BCUT2D eigenvalue weighted by Crippen LogP contribution is -2.39. The first-order valence-electron chi connectivity index (χ1n) is 6.85. The van der Waals surface area contributed by atoms with E-state index >= 15 is 0 Å². The first-order valence-corrected chi connectivity index (χ1v) is 7.73. The molecule has 1 N–H and O–H groups in total. The molecule has 0 saturated heterocycles. The maximum Gasteiger partial charge on any atom is 0.322 e. The van der Waals surface area contributed by atoms with Crippen molar-refractivity contribution in [1.82, 2.24) is 9.88 Å². The van der Waals surface area contributed by atoms with Gasteiger partial charge in [0.05, 0.1) is 21.8 Å². The maximum atomic E-state index is 12.3. The number of hydrogen-bond donors (Lipinski definition) is 1. The average Bonchev–Trinajstić information content (AvgIpc) is 3.07. The molecule has 1 atom stereocenters. The Morgan fingerprint density at radius 3 is 3.30 bits per heavy atom. The molecule has 0 fully saturated rings. The number of aromatic nitrogens is 1. The first kappa shape index (κ1) is 13.1. The number of anilines is 1. The highest BCUT2D eigenvalue weighted by Crippen LogP contribution is 2.22. The van der Waals surface area contributed by atoms with Gasteiger partial charge in [-0.25, -0.2) is 9.78 Å². The van der Waals surface area contributed by atoms with Crippen molar-refractivity contribution in [3.8, 4) is 0 Å². The molecular formula is C15H17N3OS. The number of benzene rings is 1. The van der Waals surface area contributed by atoms with Crippen molar-refractivity contribution in [3.05, 3.63) is 35.9 Å². The minimum absolute atomic E-state index is 0.0389. The second-order valence-corrected chi connectivity index (χ2v) is 5.79. The van der Waals surface area contributed by atoms with Crippen molar-refractivity contribution < 1.29 is 4.79 Å². The van der Waals surface area contributed by atoms with Crippen LogP contribution in [0, 0.1) is 0 Å². The summed E-state index contributed by atoms with van der Waals surface area (Å²) in [6.45, 7) is 2.83. The Labute approximate surface area is 122 Å². The number of amides is 2. The molecule has 0 spiro atoms. The highest BCUT2D eigenvalue weighted by atomic mass is 32.1. The second-order valence-electron chi connectivity index (χ2n) is 4.90. The van der Waals surface area contributed by atoms with E-state index in [1.807, 2.05) is 28.6 Å². The van der Waals surface area contributed by atoms with Gasteiger partial charge in [0.25, 0.3) is 0 Å². The molecule has 0 bridgehead atoms. The van der Waals surface area contributed by atoms with E-state index < -0.39 is 0 Å². The molecule has 1 aliphatic rings. The molecular weight excluding hydrogens is 270 g/mol. The summed E-state index contributed by atoms with van der Waals surface area (Å²) in [6, 6.07) is 6.03. The van der Waals surface area contributed by atoms with Crippen LogP contribution in [0.1, 0.15) is 19.8 Å². The topological polar surface area (TPSA) is 45.2 Å². The highest BCUT2D eigenvalue weighted by molar-refractivity contribution is 7.16. The Kier molecular flexibility index (Phi) is 3.69. The Balaban J connectivity index is 1.71. The minimum Gasteiger partial charge on any atom is -0.314 e. The molecule has 0 radical (unpaired) electrons. The van der Waals surface area contributed by atoms with E-state index in [0.717, 1.165) is 28.7 Å². The molecule has 4 nitrogen and oxygen atoms in total. The van der Waals surface area contributed by atoms with Gasteiger partial charge in [0.1, 0.15) is 0 Å². The molecule has 1 aromatic carbocycles. The van der Waals surface area contributed by atoms with Crippen molar-refractivity contribution in [2.75, 3.05) is 11.9 Å². The quantitative estimate of drug-likeness (QED) is 0.871. The SMILES string of the molecule is CCC[C@H]1C=CCN1C(=O)Nc1ccc2scnc2c1. The Morgan fingerprint density at radius 1 is 1.55 bits per heavy atom. The number of hydrogen-bond acceptors (Lipinski definition) is 3. The second kappa shape index (κ2) is 5.63. The van der Waals surface area contributed by atoms with E-state index in [2.05, 4.69) is 29.4 Å². The van der Waals surface area contributed by atoms with E-state index in [1.54, 1.807) is 11.3 Å². The van der Waals surface area contributed by atoms with Gasteiger partial charge in [-0.05, 0) is 24.6 Å². The molecule has 2 amide bonds. The third kappa shape index (κ3) is 2.54. The molecule has 0 unspecified atom stereocenters. The van der Waals surface area contributed by atoms with Crippen LogP contribution >= 0.6 is 11.3 Å². The lowest BCUT2D eigenvalue weighted by Gasteiger charge is -2.24. The third-order valence-corrected chi connectivity index (χ3v) is 4.30. The molecule has 0 saturated carbocycles. The van der Waals surface area contributed by atoms with E-state index in [9.17, 15) is 4.79 Å². The van der Waals surface area contributed by atoms with Gasteiger partial charge in [-0.3, -0.25) is 0 Å². The molecule has 20 heavy (non-hydrogen) atoms. The number of rotatable bonds is 3. The van der Waals surface area contributed by atoms with Crippen molar-refractivity contribution in [3.63, 3.8) is 0 Å². The molecule has 104 valence electrons. The standard InChI is InChI=1S/C15H17N3OS/c1-2-4-12-5-3-8-18(12)15(19)17-11-6-7-14-13(9-11)16-10-20-14/h3,5-7,9-10,12H,2,4,8H2,1H3,(H,17,19)/t12-/m0/s1. The summed E-state index contributed by atoms with van der Waals surface area (Å²) in [5.74, 6) is 0. The predicted octanol–water partition coefficient (Wildman–Crippen LogP) is 3.87. The van der Waals surface area contributed by atoms with E-state index in [0.29, 0.717) is 6.54 Å². The lowest BCUT2D eigenvalue weighted by molar-refractivity contribution is 0.208. The largest absolute Gasteiger partial charge is 0.322 e. The van der Waals surface area contributed by atoms with Gasteiger partial charge in [0.15, 0.2) is 0 Å². The predicted molar refractivity (Wildman–Crippen MR) is 83.2 cm³/mol. The zero-order chi connectivity index (χ0) is 13.9. The van der Waals surface area contributed by atoms with Gasteiger partial charge < -0.3 is 10.2 Å². The number of nitrogens with zero attached hydrogens (tertiary/aromatic N) is 2. The number of urea groups is 1. The Hall–Kier alpha value is -1.88. The monoisotopic (exact) mass is 287 g/mol. The summed E-state index contributed by atoms with van der Waals surface area (Å²) < 4.78 is 1.13. The fourth-order valence-electron chi connectivity index (χ4n) is 2.48. The summed E-state index contributed by atoms with van der Waals surface area (Å²) in [6.07, 6.45) is 6.26. The number of nitrogens with one attached hydrogen (secondary N) is 1. The van der Waals surface area contributed by atoms with Gasteiger partial charge >= 0.3 is 6.03 Å². The minimum atomic E-state index is -0.0389. The molecule has 2 heterocycles. The summed E-state index contributed by atoms with van der Waals surface area (Å²) in [5, 5.41) is 2.97. The molecule has 1 aromatic heterocycles. The molecule has 0 aliphatic carbocycles. The highest BCUT2D eigenvalue weighted by Gasteiger charge is 2.23. The zero-order valence-electron chi connectivity index (χ0n) is 11.4. The lowest BCUT2D eigenvalue weighted by atomic mass is 10.2. The van der Waals surface area contributed by atoms with Gasteiger partial charge in [-0.15, -0.1) is 11.3 Å². The first-order chi connectivity index (χ1) is 9.78. The van der Waals surface area contributed by atoms with Crippen LogP contribution in [0.3, 0.4) is 0 Å². The zero-order valence-corrected chi connectivity index (χ0v) is 12.2. The normalized spacial score (nSPS) is 17.9. The number of carbonyl (C=O) groups is 1. The molecule has 3 rings (SSSR count). The van der Waals surface area contributed by atoms with Gasteiger partial charge in [0, 0.05) is 12.2 Å². The number of carbonyl (C=O) groups excluding carboxylic acids is 1. The molecule has 5 heteroatoms. The number of fused-ring (bicyclic) bond motifs is 1. The Morgan fingerprint density at radius 2 is 2.45 bits per heavy atom. The van der Waals surface area contributed by atoms with Crippen LogP contribution in [0.4, 0.5) is 10.5 Å².